The summed E-state index contributed by atoms with van der Waals surface area (Å²) in [6.07, 6.45) is 0. The van der Waals surface area contributed by atoms with Crippen LogP contribution in [0.3, 0.4) is 0 Å². The van der Waals surface area contributed by atoms with Crippen molar-refractivity contribution in [2.75, 3.05) is 37.9 Å². The van der Waals surface area contributed by atoms with Crippen molar-refractivity contribution >= 4 is 35.0 Å². The molecule has 6 heteroatoms. The van der Waals surface area contributed by atoms with Crippen LogP contribution in [0, 0.1) is 5.41 Å². The van der Waals surface area contributed by atoms with E-state index in [1.807, 2.05) is 0 Å². The lowest BCUT2D eigenvalue weighted by Gasteiger charge is -2.39. The average molecular weight is 323 g/mol. The van der Waals surface area contributed by atoms with Gasteiger partial charge in [0.2, 0.25) is 0 Å². The number of ether oxygens (including phenoxy) is 2. The van der Waals surface area contributed by atoms with Crippen molar-refractivity contribution in [3.8, 4) is 5.75 Å². The minimum absolute atomic E-state index is 0.0377. The van der Waals surface area contributed by atoms with Crippen LogP contribution in [0.4, 0.5) is 0 Å². The summed E-state index contributed by atoms with van der Waals surface area (Å²) in [7, 11) is 0. The third-order valence-electron chi connectivity index (χ3n) is 2.89. The summed E-state index contributed by atoms with van der Waals surface area (Å²) in [5.74, 6) is 2.43. The van der Waals surface area contributed by atoms with E-state index in [2.05, 4.69) is 0 Å². The van der Waals surface area contributed by atoms with Crippen LogP contribution in [0.25, 0.3) is 0 Å². The van der Waals surface area contributed by atoms with E-state index in [1.165, 1.54) is 0 Å². The number of rotatable bonds is 7. The molecular formula is C13H16Cl2O3S. The Kier molecular flexibility index (Phi) is 5.66. The van der Waals surface area contributed by atoms with Crippen LogP contribution < -0.4 is 4.74 Å². The minimum Gasteiger partial charge on any atom is -0.493 e. The Morgan fingerprint density at radius 1 is 1.26 bits per heavy atom. The van der Waals surface area contributed by atoms with E-state index >= 15 is 0 Å². The number of thioether (sulfide) groups is 1. The van der Waals surface area contributed by atoms with Crippen molar-refractivity contribution in [3.05, 3.63) is 28.2 Å². The zero-order valence-electron chi connectivity index (χ0n) is 10.4. The van der Waals surface area contributed by atoms with Gasteiger partial charge in [-0.05, 0) is 18.2 Å². The maximum absolute atomic E-state index is 9.28. The van der Waals surface area contributed by atoms with Crippen LogP contribution in [-0.4, -0.2) is 43.0 Å². The van der Waals surface area contributed by atoms with Gasteiger partial charge in [-0.25, -0.2) is 0 Å². The smallest absolute Gasteiger partial charge is 0.122 e. The molecule has 0 radical (unpaired) electrons. The number of aliphatic hydroxyl groups is 1. The van der Waals surface area contributed by atoms with Gasteiger partial charge in [-0.3, -0.25) is 0 Å². The number of benzene rings is 1. The van der Waals surface area contributed by atoms with Crippen molar-refractivity contribution in [1.29, 1.82) is 0 Å². The first kappa shape index (κ1) is 15.3. The predicted octanol–water partition coefficient (Wildman–Crippen LogP) is 3.11. The Bertz CT molecular complexity index is 399. The quantitative estimate of drug-likeness (QED) is 0.783. The summed E-state index contributed by atoms with van der Waals surface area (Å²) in [5.41, 5.74) is -0.0377. The van der Waals surface area contributed by atoms with Gasteiger partial charge in [0.25, 0.3) is 0 Å². The topological polar surface area (TPSA) is 38.7 Å². The molecule has 0 atom stereocenters. The van der Waals surface area contributed by atoms with Gasteiger partial charge in [-0.1, -0.05) is 23.2 Å². The molecule has 2 rings (SSSR count). The van der Waals surface area contributed by atoms with E-state index in [0.717, 1.165) is 11.5 Å². The molecule has 0 spiro atoms. The zero-order chi connectivity index (χ0) is 13.7. The largest absolute Gasteiger partial charge is 0.493 e. The zero-order valence-corrected chi connectivity index (χ0v) is 12.7. The molecular weight excluding hydrogens is 307 g/mol. The summed E-state index contributed by atoms with van der Waals surface area (Å²) in [6, 6.07) is 5.16. The fourth-order valence-electron chi connectivity index (χ4n) is 1.73. The summed E-state index contributed by atoms with van der Waals surface area (Å²) < 4.78 is 10.7. The first-order valence-electron chi connectivity index (χ1n) is 5.99. The second kappa shape index (κ2) is 7.04. The van der Waals surface area contributed by atoms with Gasteiger partial charge in [0.1, 0.15) is 5.75 Å². The van der Waals surface area contributed by atoms with E-state index in [4.69, 9.17) is 32.7 Å². The Labute approximate surface area is 127 Å². The predicted molar refractivity (Wildman–Crippen MR) is 79.6 cm³/mol. The molecule has 0 saturated carbocycles. The lowest BCUT2D eigenvalue weighted by Crippen LogP contribution is -2.47. The molecule has 1 saturated heterocycles. The van der Waals surface area contributed by atoms with E-state index in [-0.39, 0.29) is 12.0 Å². The van der Waals surface area contributed by atoms with Gasteiger partial charge in [-0.2, -0.15) is 11.8 Å². The minimum atomic E-state index is -0.0377. The molecule has 1 N–H and O–H groups in total. The maximum atomic E-state index is 9.28. The highest BCUT2D eigenvalue weighted by atomic mass is 35.5. The molecule has 1 aromatic rings. The Hall–Kier alpha value is -0.130. The first-order valence-corrected chi connectivity index (χ1v) is 7.90. The van der Waals surface area contributed by atoms with Crippen molar-refractivity contribution in [3.63, 3.8) is 0 Å². The highest BCUT2D eigenvalue weighted by Gasteiger charge is 2.37. The van der Waals surface area contributed by atoms with Crippen molar-refractivity contribution in [2.24, 2.45) is 5.41 Å². The van der Waals surface area contributed by atoms with E-state index < -0.39 is 0 Å². The van der Waals surface area contributed by atoms with Gasteiger partial charge >= 0.3 is 0 Å². The van der Waals surface area contributed by atoms with Crippen molar-refractivity contribution in [1.82, 2.24) is 0 Å². The van der Waals surface area contributed by atoms with Crippen LogP contribution in [0.2, 0.25) is 10.0 Å². The number of hydrogen-bond donors (Lipinski definition) is 1. The Morgan fingerprint density at radius 2 is 1.95 bits per heavy atom. The molecule has 1 aromatic carbocycles. The lowest BCUT2D eigenvalue weighted by atomic mass is 9.90. The fourth-order valence-corrected chi connectivity index (χ4v) is 3.27. The van der Waals surface area contributed by atoms with Crippen LogP contribution >= 0.6 is 35.0 Å². The molecule has 106 valence electrons. The van der Waals surface area contributed by atoms with Crippen LogP contribution in [-0.2, 0) is 4.74 Å². The maximum Gasteiger partial charge on any atom is 0.122 e. The summed E-state index contributed by atoms with van der Waals surface area (Å²) in [5, 5.41) is 10.4. The third-order valence-corrected chi connectivity index (χ3v) is 4.60. The molecule has 1 aliphatic heterocycles. The van der Waals surface area contributed by atoms with Crippen molar-refractivity contribution < 1.29 is 14.6 Å². The van der Waals surface area contributed by atoms with Gasteiger partial charge in [0.15, 0.2) is 0 Å². The van der Waals surface area contributed by atoms with E-state index in [1.54, 1.807) is 30.0 Å². The van der Waals surface area contributed by atoms with Crippen LogP contribution in [0.1, 0.15) is 0 Å². The molecule has 0 amide bonds. The Morgan fingerprint density at radius 3 is 2.47 bits per heavy atom. The molecule has 19 heavy (non-hydrogen) atoms. The summed E-state index contributed by atoms with van der Waals surface area (Å²) >= 11 is 13.5. The number of aliphatic hydroxyl groups excluding tert-OH is 1. The van der Waals surface area contributed by atoms with Crippen molar-refractivity contribution in [2.45, 2.75) is 0 Å². The number of hydrogen-bond acceptors (Lipinski definition) is 4. The van der Waals surface area contributed by atoms with Crippen LogP contribution in [0.15, 0.2) is 18.2 Å². The molecule has 0 unspecified atom stereocenters. The van der Waals surface area contributed by atoms with E-state index in [9.17, 15) is 5.11 Å². The highest BCUT2D eigenvalue weighted by molar-refractivity contribution is 7.99. The first-order chi connectivity index (χ1) is 9.13. The van der Waals surface area contributed by atoms with Gasteiger partial charge in [-0.15, -0.1) is 0 Å². The lowest BCUT2D eigenvalue weighted by molar-refractivity contribution is -0.121. The summed E-state index contributed by atoms with van der Waals surface area (Å²) in [6.45, 7) is 2.08. The molecule has 1 fully saturated rings. The molecule has 0 bridgehead atoms. The average Bonchev–Trinajstić information content (AvgIpc) is 2.30. The molecule has 0 aromatic heterocycles. The second-order valence-electron chi connectivity index (χ2n) is 4.66. The Balaban J connectivity index is 1.66. The van der Waals surface area contributed by atoms with E-state index in [0.29, 0.717) is 35.6 Å². The van der Waals surface area contributed by atoms with Gasteiger partial charge < -0.3 is 14.6 Å². The molecule has 0 aliphatic carbocycles. The third kappa shape index (κ3) is 4.43. The van der Waals surface area contributed by atoms with Gasteiger partial charge in [0, 0.05) is 27.0 Å². The second-order valence-corrected chi connectivity index (χ2v) is 6.64. The summed E-state index contributed by atoms with van der Waals surface area (Å²) in [4.78, 5) is 0. The SMILES string of the molecule is OCC1(CSCCOc2cc(Cl)cc(Cl)c2)COC1. The normalized spacial score (nSPS) is 17.0. The fraction of sp³-hybridized carbons (Fsp3) is 0.538. The molecule has 3 nitrogen and oxygen atoms in total. The van der Waals surface area contributed by atoms with Gasteiger partial charge in [0.05, 0.1) is 26.4 Å². The molecule has 1 heterocycles. The monoisotopic (exact) mass is 322 g/mol. The molecule has 1 aliphatic rings. The van der Waals surface area contributed by atoms with Crippen LogP contribution in [0.5, 0.6) is 5.75 Å². The highest BCUT2D eigenvalue weighted by Crippen LogP contribution is 2.31. The standard InChI is InChI=1S/C13H16Cl2O3S/c14-10-3-11(15)5-12(4-10)18-1-2-19-9-13(6-16)7-17-8-13/h3-5,16H,1-2,6-9H2. The number of halogens is 2.